The lowest BCUT2D eigenvalue weighted by molar-refractivity contribution is -0.126. The lowest BCUT2D eigenvalue weighted by Crippen LogP contribution is -2.35. The van der Waals surface area contributed by atoms with Crippen molar-refractivity contribution in [2.45, 2.75) is 33.2 Å². The fourth-order valence-corrected chi connectivity index (χ4v) is 4.54. The van der Waals surface area contributed by atoms with Crippen LogP contribution in [0, 0.1) is 5.82 Å². The van der Waals surface area contributed by atoms with Crippen LogP contribution in [0.15, 0.2) is 42.5 Å². The Hall–Kier alpha value is -3.21. The van der Waals surface area contributed by atoms with Gasteiger partial charge in [-0.3, -0.25) is 9.59 Å². The number of carbonyl (C=O) groups excluding carboxylic acids is 2. The number of fused-ring (bicyclic) bond motifs is 2. The molecule has 29 heavy (non-hydrogen) atoms. The molecule has 0 unspecified atom stereocenters. The third-order valence-electron chi connectivity index (χ3n) is 6.13. The zero-order valence-corrected chi connectivity index (χ0v) is 16.6. The first kappa shape index (κ1) is 19.1. The van der Waals surface area contributed by atoms with Gasteiger partial charge in [0.25, 0.3) is 0 Å². The second-order valence-corrected chi connectivity index (χ2v) is 7.74. The van der Waals surface area contributed by atoms with E-state index >= 15 is 4.39 Å². The summed E-state index contributed by atoms with van der Waals surface area (Å²) >= 11 is 0. The molecule has 5 heteroatoms. The van der Waals surface area contributed by atoms with Crippen LogP contribution in [0.25, 0.3) is 16.7 Å². The second kappa shape index (κ2) is 6.99. The minimum atomic E-state index is -0.608. The van der Waals surface area contributed by atoms with Crippen LogP contribution >= 0.6 is 0 Å². The number of amides is 2. The molecule has 1 aliphatic carbocycles. The van der Waals surface area contributed by atoms with Crippen molar-refractivity contribution in [2.75, 3.05) is 6.54 Å². The number of hydrogen-bond acceptors (Lipinski definition) is 2. The van der Waals surface area contributed by atoms with Crippen molar-refractivity contribution >= 4 is 17.4 Å². The molecule has 2 N–H and O–H groups in total. The van der Waals surface area contributed by atoms with Gasteiger partial charge in [-0.15, -0.1) is 0 Å². The Bertz CT molecular complexity index is 1110. The number of hydrogen-bond donors (Lipinski definition) is 1. The van der Waals surface area contributed by atoms with Gasteiger partial charge >= 0.3 is 0 Å². The minimum absolute atomic E-state index is 0.103. The molecule has 0 spiro atoms. The first-order chi connectivity index (χ1) is 13.8. The molecule has 0 bridgehead atoms. The van der Waals surface area contributed by atoms with Gasteiger partial charge in [-0.2, -0.15) is 0 Å². The first-order valence-corrected chi connectivity index (χ1v) is 9.67. The fraction of sp³-hybridized carbons (Fsp3) is 0.250. The van der Waals surface area contributed by atoms with Crippen molar-refractivity contribution in [1.82, 2.24) is 4.90 Å². The maximum atomic E-state index is 15.4. The zero-order valence-electron chi connectivity index (χ0n) is 16.6. The number of nitrogens with two attached hydrogens (primary N) is 1. The minimum Gasteiger partial charge on any atom is -0.366 e. The van der Waals surface area contributed by atoms with Crippen molar-refractivity contribution in [1.29, 1.82) is 0 Å². The average molecular weight is 390 g/mol. The Kier molecular flexibility index (Phi) is 4.61. The molecule has 1 heterocycles. The van der Waals surface area contributed by atoms with Gasteiger partial charge in [-0.25, -0.2) is 4.39 Å². The van der Waals surface area contributed by atoms with E-state index in [1.807, 2.05) is 32.0 Å². The highest BCUT2D eigenvalue weighted by molar-refractivity contribution is 6.00. The number of benzene rings is 2. The van der Waals surface area contributed by atoms with Crippen LogP contribution in [-0.2, 0) is 24.2 Å². The van der Waals surface area contributed by atoms with E-state index in [1.54, 1.807) is 4.90 Å². The summed E-state index contributed by atoms with van der Waals surface area (Å²) in [4.78, 5) is 25.7. The molecule has 0 radical (unpaired) electrons. The molecule has 2 amide bonds. The summed E-state index contributed by atoms with van der Waals surface area (Å²) in [5.41, 5.74) is 12.9. The standard InChI is InChI=1S/C24H23FN2O2/c1-4-21(28)27-9-8-16-15(12-27)6-5-7-17(16)23-20(25)11-19(24(26)29)18-10-13(2)14(3)22(18)23/h4-7,11H,1,8-10,12H2,2-3H3,(H2,26,29). The summed E-state index contributed by atoms with van der Waals surface area (Å²) < 4.78 is 15.4. The van der Waals surface area contributed by atoms with E-state index in [2.05, 4.69) is 6.58 Å². The molecule has 0 fully saturated rings. The third-order valence-corrected chi connectivity index (χ3v) is 6.13. The predicted octanol–water partition coefficient (Wildman–Crippen LogP) is 4.01. The summed E-state index contributed by atoms with van der Waals surface area (Å²) in [6, 6.07) is 7.07. The third kappa shape index (κ3) is 2.97. The van der Waals surface area contributed by atoms with Crippen LogP contribution in [0.3, 0.4) is 0 Å². The Morgan fingerprint density at radius 2 is 1.97 bits per heavy atom. The molecule has 2 aliphatic rings. The SMILES string of the molecule is C=CC(=O)N1CCc2c(cccc2-c2c(F)cc(C(N)=O)c3c2C(C)=C(C)C3)C1. The van der Waals surface area contributed by atoms with Gasteiger partial charge in [0, 0.05) is 24.2 Å². The normalized spacial score (nSPS) is 15.2. The fourth-order valence-electron chi connectivity index (χ4n) is 4.54. The molecule has 4 rings (SSSR count). The van der Waals surface area contributed by atoms with Crippen molar-refractivity contribution in [2.24, 2.45) is 5.73 Å². The highest BCUT2D eigenvalue weighted by atomic mass is 19.1. The van der Waals surface area contributed by atoms with Gasteiger partial charge in [0.05, 0.1) is 0 Å². The largest absolute Gasteiger partial charge is 0.366 e. The Labute approximate surface area is 169 Å². The molecule has 2 aromatic carbocycles. The first-order valence-electron chi connectivity index (χ1n) is 9.67. The highest BCUT2D eigenvalue weighted by Gasteiger charge is 2.30. The van der Waals surface area contributed by atoms with E-state index in [1.165, 1.54) is 12.1 Å². The van der Waals surface area contributed by atoms with Gasteiger partial charge in [-0.05, 0) is 72.2 Å². The van der Waals surface area contributed by atoms with Crippen LogP contribution in [0.4, 0.5) is 4.39 Å². The van der Waals surface area contributed by atoms with E-state index in [-0.39, 0.29) is 11.5 Å². The smallest absolute Gasteiger partial charge is 0.249 e. The number of halogens is 1. The molecule has 148 valence electrons. The van der Waals surface area contributed by atoms with E-state index in [0.717, 1.165) is 39.0 Å². The van der Waals surface area contributed by atoms with Crippen molar-refractivity contribution in [3.05, 3.63) is 76.1 Å². The van der Waals surface area contributed by atoms with Crippen LogP contribution < -0.4 is 5.73 Å². The van der Waals surface area contributed by atoms with E-state index in [4.69, 9.17) is 5.73 Å². The summed E-state index contributed by atoms with van der Waals surface area (Å²) in [7, 11) is 0. The molecule has 0 saturated heterocycles. The molecular formula is C24H23FN2O2. The quantitative estimate of drug-likeness (QED) is 0.805. The van der Waals surface area contributed by atoms with Crippen molar-refractivity contribution in [3.63, 3.8) is 0 Å². The van der Waals surface area contributed by atoms with Crippen molar-refractivity contribution < 1.29 is 14.0 Å². The molecule has 0 aromatic heterocycles. The molecular weight excluding hydrogens is 367 g/mol. The van der Waals surface area contributed by atoms with Gasteiger partial charge < -0.3 is 10.6 Å². The van der Waals surface area contributed by atoms with E-state index in [9.17, 15) is 9.59 Å². The number of allylic oxidation sites excluding steroid dienone is 2. The number of nitrogens with zero attached hydrogens (tertiary/aromatic N) is 1. The molecule has 4 nitrogen and oxygen atoms in total. The van der Waals surface area contributed by atoms with Gasteiger partial charge in [0.15, 0.2) is 0 Å². The monoisotopic (exact) mass is 390 g/mol. The zero-order chi connectivity index (χ0) is 20.9. The number of primary amides is 1. The van der Waals surface area contributed by atoms with E-state index in [0.29, 0.717) is 31.5 Å². The Balaban J connectivity index is 1.92. The van der Waals surface area contributed by atoms with Crippen LogP contribution in [0.1, 0.15) is 46.5 Å². The van der Waals surface area contributed by atoms with Crippen LogP contribution in [0.2, 0.25) is 0 Å². The van der Waals surface area contributed by atoms with E-state index < -0.39 is 11.7 Å². The van der Waals surface area contributed by atoms with Crippen LogP contribution in [-0.4, -0.2) is 23.3 Å². The summed E-state index contributed by atoms with van der Waals surface area (Å²) in [6.07, 6.45) is 2.56. The lowest BCUT2D eigenvalue weighted by atomic mass is 9.85. The van der Waals surface area contributed by atoms with Gasteiger partial charge in [-0.1, -0.05) is 30.4 Å². The number of rotatable bonds is 3. The predicted molar refractivity (Wildman–Crippen MR) is 112 cm³/mol. The summed E-state index contributed by atoms with van der Waals surface area (Å²) in [6.45, 7) is 8.57. The Morgan fingerprint density at radius 1 is 1.21 bits per heavy atom. The molecule has 1 aliphatic heterocycles. The number of carbonyl (C=O) groups is 2. The highest BCUT2D eigenvalue weighted by Crippen LogP contribution is 2.44. The van der Waals surface area contributed by atoms with Gasteiger partial charge in [0.2, 0.25) is 11.8 Å². The maximum Gasteiger partial charge on any atom is 0.249 e. The lowest BCUT2D eigenvalue weighted by Gasteiger charge is -2.30. The Morgan fingerprint density at radius 3 is 2.66 bits per heavy atom. The molecule has 2 aromatic rings. The average Bonchev–Trinajstić information content (AvgIpc) is 3.00. The van der Waals surface area contributed by atoms with Gasteiger partial charge in [0.1, 0.15) is 5.82 Å². The van der Waals surface area contributed by atoms with Crippen LogP contribution in [0.5, 0.6) is 0 Å². The second-order valence-electron chi connectivity index (χ2n) is 7.74. The topological polar surface area (TPSA) is 63.4 Å². The molecule has 0 atom stereocenters. The van der Waals surface area contributed by atoms with Crippen molar-refractivity contribution in [3.8, 4) is 11.1 Å². The molecule has 0 saturated carbocycles. The maximum absolute atomic E-state index is 15.4. The summed E-state index contributed by atoms with van der Waals surface area (Å²) in [5, 5.41) is 0. The summed E-state index contributed by atoms with van der Waals surface area (Å²) in [5.74, 6) is -1.15.